The lowest BCUT2D eigenvalue weighted by Gasteiger charge is -2.37. The first-order chi connectivity index (χ1) is 15.0. The number of rotatable bonds is 5. The highest BCUT2D eigenvalue weighted by atomic mass is 35.5. The number of halogens is 1. The van der Waals surface area contributed by atoms with Crippen molar-refractivity contribution < 1.29 is 14.7 Å². The number of nitrogens with one attached hydrogen (secondary N) is 1. The first kappa shape index (κ1) is 20.9. The Morgan fingerprint density at radius 1 is 0.742 bits per heavy atom. The van der Waals surface area contributed by atoms with Gasteiger partial charge in [0, 0.05) is 22.5 Å². The van der Waals surface area contributed by atoms with Crippen LogP contribution in [0.5, 0.6) is 0 Å². The molecule has 3 aromatic carbocycles. The van der Waals surface area contributed by atoms with Crippen LogP contribution in [0.25, 0.3) is 0 Å². The molecule has 31 heavy (non-hydrogen) atoms. The zero-order chi connectivity index (χ0) is 21.8. The van der Waals surface area contributed by atoms with Crippen LogP contribution in [-0.4, -0.2) is 17.0 Å². The smallest absolute Gasteiger partial charge is 0.308 e. The van der Waals surface area contributed by atoms with Crippen LogP contribution in [0.3, 0.4) is 0 Å². The van der Waals surface area contributed by atoms with Gasteiger partial charge in [0.1, 0.15) is 0 Å². The van der Waals surface area contributed by atoms with E-state index in [1.165, 1.54) is 0 Å². The summed E-state index contributed by atoms with van der Waals surface area (Å²) in [5, 5.41) is 13.6. The van der Waals surface area contributed by atoms with Crippen molar-refractivity contribution in [2.75, 3.05) is 5.32 Å². The van der Waals surface area contributed by atoms with Crippen molar-refractivity contribution in [3.05, 3.63) is 113 Å². The molecule has 4 atom stereocenters. The van der Waals surface area contributed by atoms with E-state index in [0.717, 1.165) is 11.1 Å². The normalized spacial score (nSPS) is 22.6. The molecule has 0 spiro atoms. The summed E-state index contributed by atoms with van der Waals surface area (Å²) in [5.41, 5.74) is 2.32. The lowest BCUT2D eigenvalue weighted by Crippen LogP contribution is -2.42. The molecule has 2 N–H and O–H groups in total. The number of carbonyl (C=O) groups excluding carboxylic acids is 1. The van der Waals surface area contributed by atoms with E-state index < -0.39 is 23.7 Å². The van der Waals surface area contributed by atoms with Gasteiger partial charge in [0.25, 0.3) is 0 Å². The van der Waals surface area contributed by atoms with Crippen LogP contribution in [0.4, 0.5) is 5.69 Å². The van der Waals surface area contributed by atoms with Gasteiger partial charge < -0.3 is 10.4 Å². The van der Waals surface area contributed by atoms with E-state index in [2.05, 4.69) is 5.32 Å². The first-order valence-corrected chi connectivity index (χ1v) is 10.5. The summed E-state index contributed by atoms with van der Waals surface area (Å²) in [5.74, 6) is -3.82. The molecule has 0 saturated heterocycles. The third kappa shape index (κ3) is 4.54. The maximum absolute atomic E-state index is 13.5. The molecule has 0 aromatic heterocycles. The molecule has 0 unspecified atom stereocenters. The summed E-state index contributed by atoms with van der Waals surface area (Å²) in [4.78, 5) is 26.0. The Morgan fingerprint density at radius 3 is 1.81 bits per heavy atom. The average Bonchev–Trinajstić information content (AvgIpc) is 2.79. The molecule has 4 nitrogen and oxygen atoms in total. The van der Waals surface area contributed by atoms with Gasteiger partial charge in [-0.15, -0.1) is 0 Å². The van der Waals surface area contributed by atoms with Crippen LogP contribution in [0.2, 0.25) is 5.02 Å². The van der Waals surface area contributed by atoms with Crippen LogP contribution >= 0.6 is 11.6 Å². The van der Waals surface area contributed by atoms with E-state index in [1.807, 2.05) is 72.8 Å². The molecule has 0 heterocycles. The Labute approximate surface area is 186 Å². The fourth-order valence-electron chi connectivity index (χ4n) is 4.34. The number of carboxylic acid groups (broad SMARTS) is 1. The number of hydrogen-bond donors (Lipinski definition) is 2. The van der Waals surface area contributed by atoms with Crippen molar-refractivity contribution in [2.24, 2.45) is 11.8 Å². The van der Waals surface area contributed by atoms with E-state index in [0.29, 0.717) is 10.7 Å². The van der Waals surface area contributed by atoms with Gasteiger partial charge in [-0.1, -0.05) is 90.5 Å². The Bertz CT molecular complexity index is 1100. The summed E-state index contributed by atoms with van der Waals surface area (Å²) >= 11 is 6.06. The quantitative estimate of drug-likeness (QED) is 0.507. The monoisotopic (exact) mass is 431 g/mol. The number of aliphatic carboxylic acids is 1. The topological polar surface area (TPSA) is 66.4 Å². The number of hydrogen-bond acceptors (Lipinski definition) is 2. The summed E-state index contributed by atoms with van der Waals surface area (Å²) in [6, 6.07) is 25.9. The highest BCUT2D eigenvalue weighted by Gasteiger charge is 2.46. The Morgan fingerprint density at radius 2 is 1.29 bits per heavy atom. The van der Waals surface area contributed by atoms with E-state index in [9.17, 15) is 14.7 Å². The van der Waals surface area contributed by atoms with Gasteiger partial charge in [-0.25, -0.2) is 0 Å². The van der Waals surface area contributed by atoms with Crippen molar-refractivity contribution in [1.82, 2.24) is 0 Å². The number of benzene rings is 3. The minimum Gasteiger partial charge on any atom is -0.481 e. The van der Waals surface area contributed by atoms with Crippen molar-refractivity contribution >= 4 is 29.2 Å². The Hall–Kier alpha value is -3.37. The lowest BCUT2D eigenvalue weighted by atomic mass is 9.66. The fourth-order valence-corrected chi connectivity index (χ4v) is 4.53. The molecule has 1 aliphatic carbocycles. The van der Waals surface area contributed by atoms with Crippen LogP contribution in [-0.2, 0) is 9.59 Å². The highest BCUT2D eigenvalue weighted by molar-refractivity contribution is 6.30. The largest absolute Gasteiger partial charge is 0.481 e. The van der Waals surface area contributed by atoms with Crippen molar-refractivity contribution in [1.29, 1.82) is 0 Å². The van der Waals surface area contributed by atoms with Crippen LogP contribution in [0.15, 0.2) is 97.1 Å². The van der Waals surface area contributed by atoms with Crippen LogP contribution in [0.1, 0.15) is 23.0 Å². The van der Waals surface area contributed by atoms with Gasteiger partial charge in [0.05, 0.1) is 11.8 Å². The standard InChI is InChI=1S/C26H22ClNO3/c27-19-12-7-13-20(16-19)28-25(29)23-21(17-8-3-1-4-9-17)14-15-22(24(23)26(30)31)18-10-5-2-6-11-18/h1-16,21-24H,(H,28,29)(H,30,31)/t21-,22-,23-,24+/m0/s1. The van der Waals surface area contributed by atoms with E-state index in [-0.39, 0.29) is 11.8 Å². The van der Waals surface area contributed by atoms with Gasteiger partial charge in [-0.05, 0) is 29.3 Å². The lowest BCUT2D eigenvalue weighted by molar-refractivity contribution is -0.147. The zero-order valence-corrected chi connectivity index (χ0v) is 17.4. The SMILES string of the molecule is O=C(Nc1cccc(Cl)c1)[C@@H]1[C@H](C(=O)O)[C@H](c2ccccc2)C=C[C@H]1c1ccccc1. The molecular formula is C26H22ClNO3. The van der Waals surface area contributed by atoms with Crippen LogP contribution in [0, 0.1) is 11.8 Å². The summed E-state index contributed by atoms with van der Waals surface area (Å²) in [6.45, 7) is 0. The van der Waals surface area contributed by atoms with Crippen LogP contribution < -0.4 is 5.32 Å². The maximum atomic E-state index is 13.5. The number of anilines is 1. The summed E-state index contributed by atoms with van der Waals surface area (Å²) < 4.78 is 0. The minimum absolute atomic E-state index is 0.339. The van der Waals surface area contributed by atoms with E-state index in [1.54, 1.807) is 24.3 Å². The number of amides is 1. The van der Waals surface area contributed by atoms with Gasteiger partial charge >= 0.3 is 5.97 Å². The van der Waals surface area contributed by atoms with Crippen molar-refractivity contribution in [2.45, 2.75) is 11.8 Å². The second-order valence-electron chi connectivity index (χ2n) is 7.65. The third-order valence-corrected chi connectivity index (χ3v) is 5.97. The Balaban J connectivity index is 1.77. The Kier molecular flexibility index (Phi) is 6.19. The molecule has 0 bridgehead atoms. The maximum Gasteiger partial charge on any atom is 0.308 e. The second kappa shape index (κ2) is 9.19. The molecule has 0 radical (unpaired) electrons. The van der Waals surface area contributed by atoms with Gasteiger partial charge in [-0.2, -0.15) is 0 Å². The third-order valence-electron chi connectivity index (χ3n) is 5.74. The summed E-state index contributed by atoms with van der Waals surface area (Å²) in [6.07, 6.45) is 3.89. The molecule has 0 saturated carbocycles. The predicted octanol–water partition coefficient (Wildman–Crippen LogP) is 5.73. The molecule has 1 aliphatic rings. The predicted molar refractivity (Wildman–Crippen MR) is 122 cm³/mol. The van der Waals surface area contributed by atoms with Crippen molar-refractivity contribution in [3.63, 3.8) is 0 Å². The minimum atomic E-state index is -0.995. The summed E-state index contributed by atoms with van der Waals surface area (Å²) in [7, 11) is 0. The van der Waals surface area contributed by atoms with E-state index in [4.69, 9.17) is 11.6 Å². The average molecular weight is 432 g/mol. The van der Waals surface area contributed by atoms with Gasteiger partial charge in [-0.3, -0.25) is 9.59 Å². The zero-order valence-electron chi connectivity index (χ0n) is 16.7. The van der Waals surface area contributed by atoms with Gasteiger partial charge in [0.15, 0.2) is 0 Å². The fraction of sp³-hybridized carbons (Fsp3) is 0.154. The number of carboxylic acids is 1. The number of carbonyl (C=O) groups is 2. The second-order valence-corrected chi connectivity index (χ2v) is 8.08. The molecule has 5 heteroatoms. The molecule has 1 amide bonds. The molecule has 3 aromatic rings. The molecular weight excluding hydrogens is 410 g/mol. The van der Waals surface area contributed by atoms with E-state index >= 15 is 0 Å². The molecule has 156 valence electrons. The molecule has 0 fully saturated rings. The number of allylic oxidation sites excluding steroid dienone is 2. The highest BCUT2D eigenvalue weighted by Crippen LogP contribution is 2.45. The first-order valence-electron chi connectivity index (χ1n) is 10.1. The molecule has 0 aliphatic heterocycles. The molecule has 4 rings (SSSR count). The van der Waals surface area contributed by atoms with Crippen molar-refractivity contribution in [3.8, 4) is 0 Å². The van der Waals surface area contributed by atoms with Gasteiger partial charge in [0.2, 0.25) is 5.91 Å².